The second-order valence-electron chi connectivity index (χ2n) is 3.75. The molecule has 1 aliphatic heterocycles. The molecular weight excluding hydrogens is 232 g/mol. The molecule has 1 saturated heterocycles. The Morgan fingerprint density at radius 3 is 2.80 bits per heavy atom. The molecule has 1 aromatic rings. The Balaban J connectivity index is 2.12. The van der Waals surface area contributed by atoms with Crippen molar-refractivity contribution >= 4 is 22.9 Å². The van der Waals surface area contributed by atoms with E-state index in [1.165, 1.54) is 15.3 Å². The van der Waals surface area contributed by atoms with Gasteiger partial charge in [-0.2, -0.15) is 0 Å². The first-order chi connectivity index (χ1) is 7.18. The van der Waals surface area contributed by atoms with Crippen LogP contribution in [-0.4, -0.2) is 25.9 Å². The van der Waals surface area contributed by atoms with Gasteiger partial charge in [0.25, 0.3) is 0 Å². The lowest BCUT2D eigenvalue weighted by Gasteiger charge is -2.26. The molecule has 2 rings (SSSR count). The van der Waals surface area contributed by atoms with Crippen molar-refractivity contribution in [2.24, 2.45) is 0 Å². The van der Waals surface area contributed by atoms with Crippen molar-refractivity contribution < 1.29 is 9.47 Å². The summed E-state index contributed by atoms with van der Waals surface area (Å²) in [5, 5.41) is -0.0877. The van der Waals surface area contributed by atoms with Crippen LogP contribution < -0.4 is 0 Å². The summed E-state index contributed by atoms with van der Waals surface area (Å²) in [5.41, 5.74) is 1.19. The Morgan fingerprint density at radius 2 is 2.27 bits per heavy atom. The topological polar surface area (TPSA) is 18.5 Å². The van der Waals surface area contributed by atoms with Crippen LogP contribution in [0.5, 0.6) is 0 Å². The summed E-state index contributed by atoms with van der Waals surface area (Å²) in [6.07, 6.45) is -0.00637. The van der Waals surface area contributed by atoms with Crippen LogP contribution in [0.3, 0.4) is 0 Å². The number of halogens is 1. The normalized spacial score (nSPS) is 24.1. The first kappa shape index (κ1) is 11.4. The Hall–Kier alpha value is -0.0900. The maximum Gasteiger partial charge on any atom is 0.101 e. The van der Waals surface area contributed by atoms with E-state index >= 15 is 0 Å². The van der Waals surface area contributed by atoms with Gasteiger partial charge in [0.15, 0.2) is 0 Å². The van der Waals surface area contributed by atoms with Crippen LogP contribution in [0.2, 0.25) is 0 Å². The van der Waals surface area contributed by atoms with Gasteiger partial charge in [-0.3, -0.25) is 0 Å². The van der Waals surface area contributed by atoms with Crippen molar-refractivity contribution in [3.8, 4) is 0 Å². The number of thiophene rings is 1. The van der Waals surface area contributed by atoms with Crippen LogP contribution in [0.25, 0.3) is 0 Å². The lowest BCUT2D eigenvalue weighted by atomic mass is 10.1. The number of aryl methyl sites for hydroxylation is 2. The van der Waals surface area contributed by atoms with Crippen LogP contribution in [0.1, 0.15) is 20.7 Å². The van der Waals surface area contributed by atoms with Gasteiger partial charge in [-0.25, -0.2) is 0 Å². The Kier molecular flexibility index (Phi) is 3.67. The zero-order valence-electron chi connectivity index (χ0n) is 8.96. The van der Waals surface area contributed by atoms with Gasteiger partial charge in [0.1, 0.15) is 6.10 Å². The molecule has 84 valence electrons. The van der Waals surface area contributed by atoms with E-state index in [1.807, 2.05) is 0 Å². The molecule has 0 amide bonds. The molecule has 0 spiro atoms. The molecule has 0 aromatic carbocycles. The highest BCUT2D eigenvalue weighted by Crippen LogP contribution is 2.34. The fourth-order valence-corrected chi connectivity index (χ4v) is 3.21. The van der Waals surface area contributed by atoms with Crippen molar-refractivity contribution in [2.75, 3.05) is 19.8 Å². The zero-order valence-corrected chi connectivity index (χ0v) is 10.5. The van der Waals surface area contributed by atoms with Crippen LogP contribution in [0.15, 0.2) is 6.07 Å². The third-order valence-corrected chi connectivity index (χ3v) is 4.04. The lowest BCUT2D eigenvalue weighted by molar-refractivity contribution is -0.0892. The van der Waals surface area contributed by atoms with E-state index in [1.54, 1.807) is 11.3 Å². The van der Waals surface area contributed by atoms with E-state index in [0.29, 0.717) is 19.8 Å². The molecule has 1 aromatic heterocycles. The molecule has 0 aliphatic carbocycles. The van der Waals surface area contributed by atoms with Crippen LogP contribution in [0, 0.1) is 13.8 Å². The zero-order chi connectivity index (χ0) is 10.8. The van der Waals surface area contributed by atoms with E-state index in [2.05, 4.69) is 19.9 Å². The number of ether oxygens (including phenoxy) is 2. The number of rotatable bonds is 2. The lowest BCUT2D eigenvalue weighted by Crippen LogP contribution is -2.31. The molecule has 1 aliphatic rings. The summed E-state index contributed by atoms with van der Waals surface area (Å²) in [5.74, 6) is 0. The van der Waals surface area contributed by atoms with Crippen LogP contribution >= 0.6 is 22.9 Å². The predicted octanol–water partition coefficient (Wildman–Crippen LogP) is 3.06. The Morgan fingerprint density at radius 1 is 1.47 bits per heavy atom. The van der Waals surface area contributed by atoms with Gasteiger partial charge in [0.05, 0.1) is 25.2 Å². The summed E-state index contributed by atoms with van der Waals surface area (Å²) in [6, 6.07) is 2.15. The van der Waals surface area contributed by atoms with Crippen LogP contribution in [0.4, 0.5) is 0 Å². The molecule has 0 N–H and O–H groups in total. The largest absolute Gasteiger partial charge is 0.376 e. The van der Waals surface area contributed by atoms with E-state index in [0.717, 1.165) is 0 Å². The third kappa shape index (κ3) is 2.53. The van der Waals surface area contributed by atoms with E-state index in [4.69, 9.17) is 21.1 Å². The molecule has 0 bridgehead atoms. The maximum absolute atomic E-state index is 6.41. The first-order valence-corrected chi connectivity index (χ1v) is 6.34. The fourth-order valence-electron chi connectivity index (χ4n) is 1.80. The fraction of sp³-hybridized carbons (Fsp3) is 0.636. The predicted molar refractivity (Wildman–Crippen MR) is 62.9 cm³/mol. The molecular formula is C11H15ClO2S. The van der Waals surface area contributed by atoms with Gasteiger partial charge in [0, 0.05) is 9.75 Å². The summed E-state index contributed by atoms with van der Waals surface area (Å²) in [4.78, 5) is 2.58. The third-order valence-electron chi connectivity index (χ3n) is 2.54. The van der Waals surface area contributed by atoms with Crippen molar-refractivity contribution in [3.63, 3.8) is 0 Å². The van der Waals surface area contributed by atoms with Gasteiger partial charge in [-0.05, 0) is 25.5 Å². The van der Waals surface area contributed by atoms with Gasteiger partial charge in [0.2, 0.25) is 0 Å². The van der Waals surface area contributed by atoms with E-state index in [9.17, 15) is 0 Å². The molecule has 0 radical (unpaired) electrons. The summed E-state index contributed by atoms with van der Waals surface area (Å²) in [7, 11) is 0. The summed E-state index contributed by atoms with van der Waals surface area (Å²) in [6.45, 7) is 6.13. The number of alkyl halides is 1. The number of hydrogen-bond acceptors (Lipinski definition) is 3. The van der Waals surface area contributed by atoms with E-state index in [-0.39, 0.29) is 11.5 Å². The molecule has 2 atom stereocenters. The molecule has 2 heterocycles. The molecule has 1 fully saturated rings. The monoisotopic (exact) mass is 246 g/mol. The average molecular weight is 247 g/mol. The second kappa shape index (κ2) is 4.83. The molecule has 4 heteroatoms. The molecule has 2 nitrogen and oxygen atoms in total. The SMILES string of the molecule is Cc1cc(C(Cl)C2COCCO2)c(C)s1. The Labute approximate surface area is 99.2 Å². The Bertz CT molecular complexity index is 331. The number of hydrogen-bond donors (Lipinski definition) is 0. The standard InChI is InChI=1S/C11H15ClO2S/c1-7-5-9(8(2)15-7)11(12)10-6-13-3-4-14-10/h5,10-11H,3-4,6H2,1-2H3. The van der Waals surface area contributed by atoms with Gasteiger partial charge in [-0.15, -0.1) is 22.9 Å². The van der Waals surface area contributed by atoms with Crippen molar-refractivity contribution in [2.45, 2.75) is 25.3 Å². The van der Waals surface area contributed by atoms with Gasteiger partial charge < -0.3 is 9.47 Å². The van der Waals surface area contributed by atoms with Crippen molar-refractivity contribution in [1.29, 1.82) is 0 Å². The average Bonchev–Trinajstić information content (AvgIpc) is 2.58. The quantitative estimate of drug-likeness (QED) is 0.747. The minimum absolute atomic E-state index is 0.00637. The highest BCUT2D eigenvalue weighted by molar-refractivity contribution is 7.12. The highest BCUT2D eigenvalue weighted by atomic mass is 35.5. The molecule has 15 heavy (non-hydrogen) atoms. The molecule has 2 unspecified atom stereocenters. The van der Waals surface area contributed by atoms with E-state index < -0.39 is 0 Å². The first-order valence-electron chi connectivity index (χ1n) is 5.09. The van der Waals surface area contributed by atoms with Crippen molar-refractivity contribution in [3.05, 3.63) is 21.4 Å². The smallest absolute Gasteiger partial charge is 0.101 e. The summed E-state index contributed by atoms with van der Waals surface area (Å²) >= 11 is 8.19. The van der Waals surface area contributed by atoms with Gasteiger partial charge in [-0.1, -0.05) is 0 Å². The maximum atomic E-state index is 6.41. The van der Waals surface area contributed by atoms with Crippen molar-refractivity contribution in [1.82, 2.24) is 0 Å². The minimum atomic E-state index is -0.0877. The minimum Gasteiger partial charge on any atom is -0.376 e. The summed E-state index contributed by atoms with van der Waals surface area (Å²) < 4.78 is 11.0. The second-order valence-corrected chi connectivity index (χ2v) is 5.69. The van der Waals surface area contributed by atoms with Gasteiger partial charge >= 0.3 is 0 Å². The highest BCUT2D eigenvalue weighted by Gasteiger charge is 2.26. The van der Waals surface area contributed by atoms with Crippen LogP contribution in [-0.2, 0) is 9.47 Å². The molecule has 0 saturated carbocycles.